The first-order valence-corrected chi connectivity index (χ1v) is 4.45. The summed E-state index contributed by atoms with van der Waals surface area (Å²) in [5, 5.41) is 20.3. The zero-order chi connectivity index (χ0) is 11.7. The topological polar surface area (TPSA) is 107 Å². The minimum Gasteiger partial charge on any atom is -0.478 e. The van der Waals surface area contributed by atoms with Gasteiger partial charge in [-0.15, -0.1) is 10.2 Å². The highest BCUT2D eigenvalue weighted by atomic mass is 16.4. The average Bonchev–Trinajstić information content (AvgIpc) is 2.64. The van der Waals surface area contributed by atoms with E-state index in [1.807, 2.05) is 0 Å². The Kier molecular flexibility index (Phi) is 2.28. The molecule has 0 unspecified atom stereocenters. The van der Waals surface area contributed by atoms with Crippen LogP contribution in [0.3, 0.4) is 0 Å². The summed E-state index contributed by atoms with van der Waals surface area (Å²) in [6.45, 7) is 0. The summed E-state index contributed by atoms with van der Waals surface area (Å²) in [4.78, 5) is 12.2. The van der Waals surface area contributed by atoms with Crippen molar-refractivity contribution in [3.8, 4) is 11.4 Å². The SMILES string of the molecule is Cn1nnc(-c2cc(N)ccc2C(=O)O)n1. The zero-order valence-electron chi connectivity index (χ0n) is 8.45. The quantitative estimate of drug-likeness (QED) is 0.696. The van der Waals surface area contributed by atoms with Crippen LogP contribution in [-0.2, 0) is 7.05 Å². The van der Waals surface area contributed by atoms with Gasteiger partial charge in [0.1, 0.15) is 0 Å². The van der Waals surface area contributed by atoms with Crippen molar-refractivity contribution in [2.24, 2.45) is 7.05 Å². The van der Waals surface area contributed by atoms with Crippen LogP contribution in [0.4, 0.5) is 5.69 Å². The third-order valence-electron chi connectivity index (χ3n) is 2.02. The van der Waals surface area contributed by atoms with Gasteiger partial charge in [0.2, 0.25) is 5.82 Å². The van der Waals surface area contributed by atoms with Gasteiger partial charge in [-0.2, -0.15) is 4.80 Å². The lowest BCUT2D eigenvalue weighted by molar-refractivity contribution is 0.0697. The standard InChI is InChI=1S/C9H9N5O2/c1-14-12-8(11-13-14)7-4-5(10)2-3-6(7)9(15)16/h2-4H,10H2,1H3,(H,15,16). The number of nitrogens with zero attached hydrogens (tertiary/aromatic N) is 4. The second-order valence-corrected chi connectivity index (χ2v) is 3.21. The number of aromatic carboxylic acids is 1. The van der Waals surface area contributed by atoms with Gasteiger partial charge in [0, 0.05) is 11.3 Å². The second kappa shape index (κ2) is 3.61. The summed E-state index contributed by atoms with van der Waals surface area (Å²) in [7, 11) is 1.60. The van der Waals surface area contributed by atoms with Crippen LogP contribution in [0.5, 0.6) is 0 Å². The molecule has 0 spiro atoms. The number of anilines is 1. The van der Waals surface area contributed by atoms with Crippen molar-refractivity contribution in [3.05, 3.63) is 23.8 Å². The molecule has 1 heterocycles. The fourth-order valence-electron chi connectivity index (χ4n) is 1.33. The van der Waals surface area contributed by atoms with Gasteiger partial charge in [0.15, 0.2) is 0 Å². The van der Waals surface area contributed by atoms with Gasteiger partial charge >= 0.3 is 5.97 Å². The van der Waals surface area contributed by atoms with Crippen molar-refractivity contribution in [3.63, 3.8) is 0 Å². The number of hydrogen-bond acceptors (Lipinski definition) is 5. The molecule has 0 atom stereocenters. The van der Waals surface area contributed by atoms with E-state index in [2.05, 4.69) is 15.4 Å². The van der Waals surface area contributed by atoms with E-state index in [1.165, 1.54) is 23.0 Å². The highest BCUT2D eigenvalue weighted by Crippen LogP contribution is 2.22. The van der Waals surface area contributed by atoms with Crippen molar-refractivity contribution >= 4 is 11.7 Å². The van der Waals surface area contributed by atoms with E-state index >= 15 is 0 Å². The Morgan fingerprint density at radius 2 is 2.25 bits per heavy atom. The molecule has 0 radical (unpaired) electrons. The number of tetrazole rings is 1. The molecule has 0 saturated heterocycles. The predicted molar refractivity (Wildman–Crippen MR) is 55.6 cm³/mol. The van der Waals surface area contributed by atoms with E-state index in [0.717, 1.165) is 0 Å². The summed E-state index contributed by atoms with van der Waals surface area (Å²) in [6, 6.07) is 4.45. The van der Waals surface area contributed by atoms with E-state index < -0.39 is 5.97 Å². The number of carboxylic acid groups (broad SMARTS) is 1. The summed E-state index contributed by atoms with van der Waals surface area (Å²) < 4.78 is 0. The molecule has 0 amide bonds. The van der Waals surface area contributed by atoms with Crippen molar-refractivity contribution in [1.29, 1.82) is 0 Å². The third-order valence-corrected chi connectivity index (χ3v) is 2.02. The number of rotatable bonds is 2. The molecule has 2 aromatic rings. The summed E-state index contributed by atoms with van der Waals surface area (Å²) in [5.41, 5.74) is 6.51. The lowest BCUT2D eigenvalue weighted by Gasteiger charge is -2.02. The predicted octanol–water partition coefficient (Wildman–Crippen LogP) is 0.157. The maximum atomic E-state index is 11.0. The van der Waals surface area contributed by atoms with Crippen molar-refractivity contribution in [2.75, 3.05) is 5.73 Å². The van der Waals surface area contributed by atoms with Crippen molar-refractivity contribution in [2.45, 2.75) is 0 Å². The van der Waals surface area contributed by atoms with E-state index in [4.69, 9.17) is 10.8 Å². The van der Waals surface area contributed by atoms with Crippen LogP contribution in [-0.4, -0.2) is 31.3 Å². The monoisotopic (exact) mass is 219 g/mol. The van der Waals surface area contributed by atoms with Crippen molar-refractivity contribution < 1.29 is 9.90 Å². The number of nitrogen functional groups attached to an aromatic ring is 1. The Labute approximate surface area is 90.5 Å². The Hall–Kier alpha value is -2.44. The molecule has 0 aliphatic heterocycles. The number of carboxylic acids is 1. The summed E-state index contributed by atoms with van der Waals surface area (Å²) in [6.07, 6.45) is 0. The largest absolute Gasteiger partial charge is 0.478 e. The molecule has 1 aromatic carbocycles. The van der Waals surface area contributed by atoms with E-state index in [-0.39, 0.29) is 11.4 Å². The van der Waals surface area contributed by atoms with Gasteiger partial charge in [0.05, 0.1) is 12.6 Å². The number of aryl methyl sites for hydroxylation is 1. The lowest BCUT2D eigenvalue weighted by Crippen LogP contribution is -2.01. The van der Waals surface area contributed by atoms with Gasteiger partial charge < -0.3 is 10.8 Å². The Morgan fingerprint density at radius 1 is 1.50 bits per heavy atom. The number of nitrogens with two attached hydrogens (primary N) is 1. The van der Waals surface area contributed by atoms with E-state index in [0.29, 0.717) is 11.3 Å². The first-order valence-electron chi connectivity index (χ1n) is 4.45. The molecule has 16 heavy (non-hydrogen) atoms. The summed E-state index contributed by atoms with van der Waals surface area (Å²) >= 11 is 0. The van der Waals surface area contributed by atoms with Crippen LogP contribution in [0.1, 0.15) is 10.4 Å². The fraction of sp³-hybridized carbons (Fsp3) is 0.111. The Morgan fingerprint density at radius 3 is 2.81 bits per heavy atom. The van der Waals surface area contributed by atoms with Crippen LogP contribution in [0, 0.1) is 0 Å². The van der Waals surface area contributed by atoms with Crippen LogP contribution < -0.4 is 5.73 Å². The Balaban J connectivity index is 2.62. The lowest BCUT2D eigenvalue weighted by atomic mass is 10.1. The van der Waals surface area contributed by atoms with Crippen LogP contribution >= 0.6 is 0 Å². The first kappa shape index (κ1) is 10.1. The molecule has 82 valence electrons. The highest BCUT2D eigenvalue weighted by molar-refractivity contribution is 5.95. The first-order chi connectivity index (χ1) is 7.58. The smallest absolute Gasteiger partial charge is 0.336 e. The third kappa shape index (κ3) is 1.70. The maximum Gasteiger partial charge on any atom is 0.336 e. The Bertz CT molecular complexity index is 549. The summed E-state index contributed by atoms with van der Waals surface area (Å²) in [5.74, 6) is -0.811. The van der Waals surface area contributed by atoms with E-state index in [1.54, 1.807) is 7.05 Å². The molecule has 0 fully saturated rings. The molecule has 0 aliphatic carbocycles. The average molecular weight is 219 g/mol. The van der Waals surface area contributed by atoms with Crippen molar-refractivity contribution in [1.82, 2.24) is 20.2 Å². The number of benzene rings is 1. The molecule has 0 bridgehead atoms. The molecule has 2 rings (SSSR count). The van der Waals surface area contributed by atoms with Gasteiger partial charge in [-0.3, -0.25) is 0 Å². The molecular formula is C9H9N5O2. The van der Waals surface area contributed by atoms with Crippen LogP contribution in [0.15, 0.2) is 18.2 Å². The molecule has 0 saturated carbocycles. The van der Waals surface area contributed by atoms with Gasteiger partial charge in [-0.25, -0.2) is 4.79 Å². The van der Waals surface area contributed by atoms with Crippen LogP contribution in [0.2, 0.25) is 0 Å². The van der Waals surface area contributed by atoms with Gasteiger partial charge in [0.25, 0.3) is 0 Å². The normalized spacial score (nSPS) is 10.3. The second-order valence-electron chi connectivity index (χ2n) is 3.21. The number of hydrogen-bond donors (Lipinski definition) is 2. The molecule has 7 nitrogen and oxygen atoms in total. The fourth-order valence-corrected chi connectivity index (χ4v) is 1.33. The molecular weight excluding hydrogens is 210 g/mol. The number of carbonyl (C=O) groups is 1. The van der Waals surface area contributed by atoms with Crippen LogP contribution in [0.25, 0.3) is 11.4 Å². The maximum absolute atomic E-state index is 11.0. The molecule has 3 N–H and O–H groups in total. The van der Waals surface area contributed by atoms with Gasteiger partial charge in [-0.05, 0) is 23.4 Å². The molecule has 1 aromatic heterocycles. The van der Waals surface area contributed by atoms with Gasteiger partial charge in [-0.1, -0.05) is 0 Å². The minimum atomic E-state index is -1.05. The molecule has 7 heteroatoms. The minimum absolute atomic E-state index is 0.0993. The highest BCUT2D eigenvalue weighted by Gasteiger charge is 2.15. The van der Waals surface area contributed by atoms with E-state index in [9.17, 15) is 4.79 Å². The number of aromatic nitrogens is 4. The molecule has 0 aliphatic rings. The zero-order valence-corrected chi connectivity index (χ0v) is 8.45.